The van der Waals surface area contributed by atoms with Crippen LogP contribution in [0.4, 0.5) is 0 Å². The van der Waals surface area contributed by atoms with Gasteiger partial charge in [-0.3, -0.25) is 4.79 Å². The summed E-state index contributed by atoms with van der Waals surface area (Å²) in [5.74, 6) is 0.777. The minimum atomic E-state index is 0.0596. The number of carbonyl (C=O) groups is 1. The number of Topliss-reactive ketones (excluding diaryl/α,β-unsaturated/α-hetero) is 1. The molecule has 3 rings (SSSR count). The zero-order valence-electron chi connectivity index (χ0n) is 12.2. The Morgan fingerprint density at radius 3 is 2.86 bits per heavy atom. The lowest BCUT2D eigenvalue weighted by atomic mass is 9.96. The maximum atomic E-state index is 12.7. The van der Waals surface area contributed by atoms with Gasteiger partial charge in [0.15, 0.2) is 5.78 Å². The molecule has 0 atom stereocenters. The highest BCUT2D eigenvalue weighted by molar-refractivity contribution is 6.31. The van der Waals surface area contributed by atoms with Crippen molar-refractivity contribution < 1.29 is 9.53 Å². The highest BCUT2D eigenvalue weighted by atomic mass is 35.5. The van der Waals surface area contributed by atoms with Crippen molar-refractivity contribution in [1.82, 2.24) is 0 Å². The first-order valence-corrected chi connectivity index (χ1v) is 7.47. The van der Waals surface area contributed by atoms with E-state index in [2.05, 4.69) is 18.2 Å². The minimum absolute atomic E-state index is 0.0596. The number of benzene rings is 2. The van der Waals surface area contributed by atoms with Crippen molar-refractivity contribution in [2.75, 3.05) is 6.61 Å². The number of aryl methyl sites for hydroxylation is 2. The fourth-order valence-corrected chi connectivity index (χ4v) is 2.98. The molecule has 0 aromatic heterocycles. The molecule has 108 valence electrons. The summed E-state index contributed by atoms with van der Waals surface area (Å²) in [7, 11) is 0. The van der Waals surface area contributed by atoms with E-state index >= 15 is 0 Å². The van der Waals surface area contributed by atoms with Crippen LogP contribution in [0.3, 0.4) is 0 Å². The number of ether oxygens (including phenoxy) is 1. The number of ketones is 1. The average molecular weight is 301 g/mol. The van der Waals surface area contributed by atoms with Crippen LogP contribution >= 0.6 is 11.6 Å². The van der Waals surface area contributed by atoms with Gasteiger partial charge >= 0.3 is 0 Å². The van der Waals surface area contributed by atoms with E-state index in [-0.39, 0.29) is 5.78 Å². The maximum Gasteiger partial charge on any atom is 0.171 e. The van der Waals surface area contributed by atoms with Crippen LogP contribution in [-0.4, -0.2) is 12.4 Å². The molecular weight excluding hydrogens is 284 g/mol. The molecule has 0 radical (unpaired) electrons. The highest BCUT2D eigenvalue weighted by Gasteiger charge is 2.22. The molecule has 0 fully saturated rings. The molecule has 2 aromatic rings. The van der Waals surface area contributed by atoms with E-state index in [1.165, 1.54) is 0 Å². The monoisotopic (exact) mass is 300 g/mol. The van der Waals surface area contributed by atoms with Gasteiger partial charge in [0.2, 0.25) is 0 Å². The summed E-state index contributed by atoms with van der Waals surface area (Å²) >= 11 is 6.12. The number of hydrogen-bond donors (Lipinski definition) is 0. The van der Waals surface area contributed by atoms with Crippen molar-refractivity contribution in [2.24, 2.45) is 0 Å². The van der Waals surface area contributed by atoms with Gasteiger partial charge in [-0.15, -0.1) is 0 Å². The lowest BCUT2D eigenvalue weighted by Crippen LogP contribution is -2.07. The predicted molar refractivity (Wildman–Crippen MR) is 84.6 cm³/mol. The van der Waals surface area contributed by atoms with Crippen LogP contribution in [0.2, 0.25) is 5.02 Å². The lowest BCUT2D eigenvalue weighted by Gasteiger charge is -2.10. The first-order valence-electron chi connectivity index (χ1n) is 7.09. The quantitative estimate of drug-likeness (QED) is 0.789. The molecule has 21 heavy (non-hydrogen) atoms. The topological polar surface area (TPSA) is 26.3 Å². The van der Waals surface area contributed by atoms with E-state index in [1.54, 1.807) is 6.07 Å². The Morgan fingerprint density at radius 2 is 2.05 bits per heavy atom. The van der Waals surface area contributed by atoms with Crippen LogP contribution in [0.15, 0.2) is 30.3 Å². The zero-order valence-corrected chi connectivity index (χ0v) is 13.0. The minimum Gasteiger partial charge on any atom is -0.492 e. The van der Waals surface area contributed by atoms with Gasteiger partial charge in [0.05, 0.1) is 12.2 Å². The molecule has 1 aliphatic heterocycles. The van der Waals surface area contributed by atoms with Gasteiger partial charge in [0, 0.05) is 17.9 Å². The second-order valence-electron chi connectivity index (χ2n) is 5.57. The van der Waals surface area contributed by atoms with Gasteiger partial charge in [-0.05, 0) is 42.7 Å². The molecule has 0 unspecified atom stereocenters. The Bertz CT molecular complexity index is 719. The summed E-state index contributed by atoms with van der Waals surface area (Å²) in [5.41, 5.74) is 5.00. The standard InChI is InChI=1S/C18H17ClO2/c1-11-3-4-12(2)14(7-11)9-17(20)16-10-15(19)8-13-5-6-21-18(13)16/h3-4,7-8,10H,5-6,9H2,1-2H3. The second kappa shape index (κ2) is 5.53. The molecule has 0 aliphatic carbocycles. The van der Waals surface area contributed by atoms with Crippen molar-refractivity contribution in [3.8, 4) is 5.75 Å². The van der Waals surface area contributed by atoms with Gasteiger partial charge in [-0.1, -0.05) is 35.4 Å². The Balaban J connectivity index is 1.95. The third-order valence-corrected chi connectivity index (χ3v) is 4.12. The van der Waals surface area contributed by atoms with Crippen LogP contribution in [0.1, 0.15) is 32.6 Å². The van der Waals surface area contributed by atoms with E-state index in [0.717, 1.165) is 34.4 Å². The molecule has 1 aliphatic rings. The Hall–Kier alpha value is -1.80. The maximum absolute atomic E-state index is 12.7. The highest BCUT2D eigenvalue weighted by Crippen LogP contribution is 2.33. The van der Waals surface area contributed by atoms with Crippen molar-refractivity contribution in [3.63, 3.8) is 0 Å². The zero-order chi connectivity index (χ0) is 15.0. The summed E-state index contributed by atoms with van der Waals surface area (Å²) < 4.78 is 5.62. The molecule has 0 bridgehead atoms. The van der Waals surface area contributed by atoms with E-state index in [4.69, 9.17) is 16.3 Å². The summed E-state index contributed by atoms with van der Waals surface area (Å²) in [6.45, 7) is 4.69. The molecule has 2 nitrogen and oxygen atoms in total. The number of rotatable bonds is 3. The van der Waals surface area contributed by atoms with E-state index < -0.39 is 0 Å². The third-order valence-electron chi connectivity index (χ3n) is 3.90. The number of hydrogen-bond acceptors (Lipinski definition) is 2. The second-order valence-corrected chi connectivity index (χ2v) is 6.01. The summed E-state index contributed by atoms with van der Waals surface area (Å²) in [5, 5.41) is 0.601. The number of carbonyl (C=O) groups excluding carboxylic acids is 1. The Labute approximate surface area is 129 Å². The summed E-state index contributed by atoms with van der Waals surface area (Å²) in [6.07, 6.45) is 1.20. The van der Waals surface area contributed by atoms with Crippen molar-refractivity contribution >= 4 is 17.4 Å². The van der Waals surface area contributed by atoms with Gasteiger partial charge < -0.3 is 4.74 Å². The fraction of sp³-hybridized carbons (Fsp3) is 0.278. The van der Waals surface area contributed by atoms with Gasteiger partial charge in [-0.25, -0.2) is 0 Å². The van der Waals surface area contributed by atoms with Gasteiger partial charge in [0.1, 0.15) is 5.75 Å². The molecular formula is C18H17ClO2. The van der Waals surface area contributed by atoms with Crippen LogP contribution < -0.4 is 4.74 Å². The SMILES string of the molecule is Cc1ccc(C)c(CC(=O)c2cc(Cl)cc3c2OCC3)c1. The van der Waals surface area contributed by atoms with Crippen molar-refractivity contribution in [3.05, 3.63) is 63.2 Å². The lowest BCUT2D eigenvalue weighted by molar-refractivity contribution is 0.0989. The van der Waals surface area contributed by atoms with E-state index in [1.807, 2.05) is 19.9 Å². The third kappa shape index (κ3) is 2.81. The number of halogens is 1. The van der Waals surface area contributed by atoms with Crippen molar-refractivity contribution in [2.45, 2.75) is 26.7 Å². The molecule has 0 saturated heterocycles. The van der Waals surface area contributed by atoms with Crippen LogP contribution in [0.5, 0.6) is 5.75 Å². The van der Waals surface area contributed by atoms with Crippen LogP contribution in [0, 0.1) is 13.8 Å². The Morgan fingerprint density at radius 1 is 1.24 bits per heavy atom. The number of fused-ring (bicyclic) bond motifs is 1. The summed E-state index contributed by atoms with van der Waals surface area (Å²) in [4.78, 5) is 12.7. The van der Waals surface area contributed by atoms with Gasteiger partial charge in [-0.2, -0.15) is 0 Å². The molecule has 0 saturated carbocycles. The van der Waals surface area contributed by atoms with E-state index in [9.17, 15) is 4.79 Å². The first kappa shape index (κ1) is 14.2. The molecule has 0 spiro atoms. The van der Waals surface area contributed by atoms with E-state index in [0.29, 0.717) is 23.6 Å². The normalized spacial score (nSPS) is 12.9. The fourth-order valence-electron chi connectivity index (χ4n) is 2.74. The van der Waals surface area contributed by atoms with Gasteiger partial charge in [0.25, 0.3) is 0 Å². The molecule has 1 heterocycles. The van der Waals surface area contributed by atoms with Crippen LogP contribution in [0.25, 0.3) is 0 Å². The average Bonchev–Trinajstić information content (AvgIpc) is 2.89. The summed E-state index contributed by atoms with van der Waals surface area (Å²) in [6, 6.07) is 9.79. The molecule has 3 heteroatoms. The molecule has 2 aromatic carbocycles. The molecule has 0 N–H and O–H groups in total. The predicted octanol–water partition coefficient (Wildman–Crippen LogP) is 4.32. The largest absolute Gasteiger partial charge is 0.492 e. The first-order chi connectivity index (χ1) is 10.0. The van der Waals surface area contributed by atoms with Crippen LogP contribution in [-0.2, 0) is 12.8 Å². The molecule has 0 amide bonds. The van der Waals surface area contributed by atoms with Crippen molar-refractivity contribution in [1.29, 1.82) is 0 Å². The Kier molecular flexibility index (Phi) is 3.73. The smallest absolute Gasteiger partial charge is 0.171 e.